The first-order valence-corrected chi connectivity index (χ1v) is 11.2. The van der Waals surface area contributed by atoms with Crippen LogP contribution in [0.15, 0.2) is 64.6 Å². The second-order valence-electron chi connectivity index (χ2n) is 7.22. The van der Waals surface area contributed by atoms with Crippen molar-refractivity contribution >= 4 is 40.3 Å². The Bertz CT molecular complexity index is 1000. The van der Waals surface area contributed by atoms with Crippen molar-refractivity contribution in [1.29, 1.82) is 0 Å². The minimum Gasteiger partial charge on any atom is -0.355 e. The van der Waals surface area contributed by atoms with E-state index in [0.29, 0.717) is 24.0 Å². The minimum atomic E-state index is -0.373. The number of thioether (sulfide) groups is 1. The zero-order valence-electron chi connectivity index (χ0n) is 16.9. The number of amides is 2. The van der Waals surface area contributed by atoms with E-state index in [2.05, 4.69) is 15.3 Å². The average Bonchev–Trinajstić information content (AvgIpc) is 3.10. The maximum atomic E-state index is 12.9. The highest BCUT2D eigenvalue weighted by Gasteiger charge is 2.40. The van der Waals surface area contributed by atoms with Gasteiger partial charge in [0.1, 0.15) is 11.9 Å². The number of amidine groups is 2. The van der Waals surface area contributed by atoms with Crippen molar-refractivity contribution < 1.29 is 9.59 Å². The summed E-state index contributed by atoms with van der Waals surface area (Å²) < 4.78 is 0. The van der Waals surface area contributed by atoms with Gasteiger partial charge in [0.2, 0.25) is 5.91 Å². The van der Waals surface area contributed by atoms with Crippen LogP contribution in [0.2, 0.25) is 0 Å². The molecule has 0 spiro atoms. The van der Waals surface area contributed by atoms with E-state index >= 15 is 0 Å². The predicted molar refractivity (Wildman–Crippen MR) is 121 cm³/mol. The highest BCUT2D eigenvalue weighted by molar-refractivity contribution is 8.14. The van der Waals surface area contributed by atoms with Gasteiger partial charge in [0.05, 0.1) is 11.4 Å². The number of aliphatic imine (C=N–C) groups is 2. The number of hydrogen-bond acceptors (Lipinski definition) is 5. The lowest BCUT2D eigenvalue weighted by molar-refractivity contribution is -0.124. The van der Waals surface area contributed by atoms with Crippen LogP contribution in [0.1, 0.15) is 30.9 Å². The molecule has 0 saturated carbocycles. The van der Waals surface area contributed by atoms with E-state index in [1.165, 1.54) is 17.3 Å². The summed E-state index contributed by atoms with van der Waals surface area (Å²) in [6, 6.07) is 17.4. The molecule has 4 rings (SSSR count). The Hall–Kier alpha value is -2.93. The lowest BCUT2D eigenvalue weighted by Gasteiger charge is -2.25. The molecule has 2 aliphatic heterocycles. The smallest absolute Gasteiger partial charge is 0.259 e. The molecule has 7 heteroatoms. The van der Waals surface area contributed by atoms with Crippen LogP contribution in [-0.2, 0) is 16.0 Å². The zero-order valence-corrected chi connectivity index (χ0v) is 17.7. The monoisotopic (exact) mass is 420 g/mol. The number of para-hydroxylation sites is 1. The topological polar surface area (TPSA) is 74.1 Å². The molecule has 2 aromatic rings. The van der Waals surface area contributed by atoms with Crippen molar-refractivity contribution in [2.24, 2.45) is 9.98 Å². The third-order valence-electron chi connectivity index (χ3n) is 5.02. The van der Waals surface area contributed by atoms with Gasteiger partial charge < -0.3 is 5.32 Å². The number of carbonyl (C=O) groups is 2. The van der Waals surface area contributed by atoms with Gasteiger partial charge in [-0.1, -0.05) is 67.6 Å². The third-order valence-corrected chi connectivity index (χ3v) is 5.96. The van der Waals surface area contributed by atoms with Gasteiger partial charge in [-0.3, -0.25) is 14.6 Å². The third kappa shape index (κ3) is 4.31. The van der Waals surface area contributed by atoms with E-state index in [1.807, 2.05) is 61.5 Å². The normalized spacial score (nSPS) is 17.2. The van der Waals surface area contributed by atoms with Crippen molar-refractivity contribution in [2.45, 2.75) is 32.2 Å². The van der Waals surface area contributed by atoms with E-state index in [0.717, 1.165) is 24.1 Å². The molecule has 0 aromatic heterocycles. The van der Waals surface area contributed by atoms with Crippen molar-refractivity contribution in [1.82, 2.24) is 10.2 Å². The largest absolute Gasteiger partial charge is 0.355 e. The molecule has 0 aliphatic carbocycles. The molecule has 2 amide bonds. The molecule has 0 unspecified atom stereocenters. The molecule has 0 bridgehead atoms. The molecule has 154 valence electrons. The predicted octanol–water partition coefficient (Wildman–Crippen LogP) is 3.54. The summed E-state index contributed by atoms with van der Waals surface area (Å²) in [4.78, 5) is 36.2. The molecule has 1 N–H and O–H groups in total. The number of hydrogen-bond donors (Lipinski definition) is 1. The molecule has 2 aromatic carbocycles. The summed E-state index contributed by atoms with van der Waals surface area (Å²) in [6.07, 6.45) is 2.37. The molecule has 0 radical (unpaired) electrons. The highest BCUT2D eigenvalue weighted by Crippen LogP contribution is 2.34. The van der Waals surface area contributed by atoms with Gasteiger partial charge in [-0.2, -0.15) is 0 Å². The van der Waals surface area contributed by atoms with Crippen LogP contribution in [0.5, 0.6) is 0 Å². The summed E-state index contributed by atoms with van der Waals surface area (Å²) >= 11 is 1.28. The van der Waals surface area contributed by atoms with Gasteiger partial charge >= 0.3 is 0 Å². The first kappa shape index (κ1) is 20.3. The van der Waals surface area contributed by atoms with Crippen molar-refractivity contribution in [2.75, 3.05) is 12.3 Å². The number of carbonyl (C=O) groups excluding carboxylic acids is 2. The van der Waals surface area contributed by atoms with Gasteiger partial charge in [0, 0.05) is 12.1 Å². The zero-order chi connectivity index (χ0) is 20.9. The maximum absolute atomic E-state index is 12.9. The van der Waals surface area contributed by atoms with Crippen LogP contribution in [0, 0.1) is 0 Å². The number of nitrogens with zero attached hydrogens (tertiary/aromatic N) is 3. The summed E-state index contributed by atoms with van der Waals surface area (Å²) in [5, 5.41) is 3.46. The van der Waals surface area contributed by atoms with E-state index in [9.17, 15) is 9.59 Å². The van der Waals surface area contributed by atoms with Gasteiger partial charge in [0.25, 0.3) is 5.91 Å². The lowest BCUT2D eigenvalue weighted by atomic mass is 10.1. The minimum absolute atomic E-state index is 0.0583. The molecule has 6 nitrogen and oxygen atoms in total. The van der Waals surface area contributed by atoms with Crippen LogP contribution in [0.3, 0.4) is 0 Å². The fourth-order valence-corrected chi connectivity index (χ4v) is 4.36. The van der Waals surface area contributed by atoms with Crippen LogP contribution in [0.25, 0.3) is 0 Å². The highest BCUT2D eigenvalue weighted by atomic mass is 32.2. The number of rotatable bonds is 7. The van der Waals surface area contributed by atoms with Crippen molar-refractivity contribution in [3.8, 4) is 0 Å². The van der Waals surface area contributed by atoms with Crippen LogP contribution in [-0.4, -0.2) is 46.1 Å². The summed E-state index contributed by atoms with van der Waals surface area (Å²) in [6.45, 7) is 2.62. The molecular formula is C23H24N4O2S. The molecule has 1 atom stereocenters. The number of benzene rings is 2. The van der Waals surface area contributed by atoms with Crippen LogP contribution >= 0.6 is 11.8 Å². The Labute approximate surface area is 180 Å². The Balaban J connectivity index is 1.42. The average molecular weight is 421 g/mol. The van der Waals surface area contributed by atoms with Crippen molar-refractivity contribution in [3.63, 3.8) is 0 Å². The Morgan fingerprint density at radius 2 is 1.90 bits per heavy atom. The molecular weight excluding hydrogens is 396 g/mol. The van der Waals surface area contributed by atoms with E-state index in [4.69, 9.17) is 0 Å². The Morgan fingerprint density at radius 3 is 2.70 bits per heavy atom. The quantitative estimate of drug-likeness (QED) is 0.745. The van der Waals surface area contributed by atoms with Gasteiger partial charge in [-0.15, -0.1) is 0 Å². The Morgan fingerprint density at radius 1 is 1.13 bits per heavy atom. The lowest BCUT2D eigenvalue weighted by Crippen LogP contribution is -2.41. The summed E-state index contributed by atoms with van der Waals surface area (Å²) in [5.74, 6) is 0.714. The fourth-order valence-electron chi connectivity index (χ4n) is 3.53. The van der Waals surface area contributed by atoms with Crippen molar-refractivity contribution in [3.05, 3.63) is 65.7 Å². The summed E-state index contributed by atoms with van der Waals surface area (Å²) in [7, 11) is 0. The second kappa shape index (κ2) is 9.26. The second-order valence-corrected chi connectivity index (χ2v) is 8.16. The standard InChI is InChI=1S/C23H24N4O2S/c1-2-8-19-22(29)27-21(25-19)17-11-6-7-12-18(17)26-23(27)30-15-20(28)24-14-13-16-9-4-3-5-10-16/h3-7,9-12,19H,2,8,13-15H2,1H3,(H,24,28)/t19-/m0/s1. The Kier molecular flexibility index (Phi) is 6.28. The van der Waals surface area contributed by atoms with E-state index < -0.39 is 0 Å². The first-order chi connectivity index (χ1) is 14.7. The number of fused-ring (bicyclic) bond motifs is 3. The molecule has 0 saturated heterocycles. The number of nitrogens with one attached hydrogen (secondary N) is 1. The first-order valence-electron chi connectivity index (χ1n) is 10.2. The molecule has 0 fully saturated rings. The summed E-state index contributed by atoms with van der Waals surface area (Å²) in [5.41, 5.74) is 2.83. The molecule has 2 aliphatic rings. The van der Waals surface area contributed by atoms with E-state index in [1.54, 1.807) is 4.90 Å². The van der Waals surface area contributed by atoms with Crippen LogP contribution in [0.4, 0.5) is 5.69 Å². The van der Waals surface area contributed by atoms with Crippen LogP contribution < -0.4 is 5.32 Å². The fraction of sp³-hybridized carbons (Fsp3) is 0.304. The van der Waals surface area contributed by atoms with Gasteiger partial charge in [-0.25, -0.2) is 9.89 Å². The van der Waals surface area contributed by atoms with Gasteiger partial charge in [-0.05, 0) is 30.5 Å². The maximum Gasteiger partial charge on any atom is 0.259 e. The SMILES string of the molecule is CCC[C@@H]1N=C2c3ccccc3N=C(SCC(=O)NCCc3ccccc3)N2C1=O. The van der Waals surface area contributed by atoms with E-state index in [-0.39, 0.29) is 23.6 Å². The van der Waals surface area contributed by atoms with Gasteiger partial charge in [0.15, 0.2) is 5.17 Å². The molecule has 30 heavy (non-hydrogen) atoms. The molecule has 2 heterocycles.